The van der Waals surface area contributed by atoms with Crippen molar-refractivity contribution >= 4 is 52.5 Å². The Balaban J connectivity index is 0.000000142. The minimum Gasteiger partial charge on any atom is -0.474 e. The summed E-state index contributed by atoms with van der Waals surface area (Å²) in [6.07, 6.45) is -11.8. The van der Waals surface area contributed by atoms with Crippen molar-refractivity contribution < 1.29 is 85.2 Å². The Hall–Kier alpha value is -8.90. The lowest BCUT2D eigenvalue weighted by Gasteiger charge is -2.32. The van der Waals surface area contributed by atoms with Crippen molar-refractivity contribution in [3.05, 3.63) is 186 Å². The Kier molecular flexibility index (Phi) is 21.3. The van der Waals surface area contributed by atoms with Crippen LogP contribution in [-0.4, -0.2) is 117 Å². The van der Waals surface area contributed by atoms with Crippen LogP contribution >= 0.6 is 34.8 Å². The van der Waals surface area contributed by atoms with E-state index >= 15 is 0 Å². The second kappa shape index (κ2) is 29.9. The Morgan fingerprint density at radius 3 is 1.28 bits per heavy atom. The number of carbonyl (C=O) groups excluding carboxylic acids is 3. The number of carbonyl (C=O) groups is 3. The fraction of sp³-hybridized carbons (Fsp3) is 0.432. The Bertz CT molecular complexity index is 4760. The SMILES string of the molecule is Cc1c(-c2ccc(Cl)cc2)c(C(=O)N2CCC(Oc3ccc(C(F)(F)F)cn3)CC2)n(C2CC2)c1C(F)(F)F.Cc1noc(C2CCN(C(=O)c3c(-c4ccc(Cl)cc4)cc(C(F)(F)F)n3C3CC3)CC2)n1.Cc1noc(C2CCN(C(=O)c3c(-c4ccc(Cl)cc4F)c(C)c(C(F)(F)F)n3C3CC3)CC2)n1. The summed E-state index contributed by atoms with van der Waals surface area (Å²) in [5.41, 5.74) is -2.15. The Labute approximate surface area is 618 Å². The molecule has 9 heterocycles. The van der Waals surface area contributed by atoms with Crippen LogP contribution in [0.15, 0.2) is 100 Å². The predicted octanol–water partition coefficient (Wildman–Crippen LogP) is 19.8. The maximum Gasteiger partial charge on any atom is 0.431 e. The molecule has 3 aliphatic heterocycles. The van der Waals surface area contributed by atoms with E-state index in [2.05, 4.69) is 25.3 Å². The number of nitrogens with zero attached hydrogens (tertiary/aromatic N) is 11. The number of hydrogen-bond acceptors (Lipinski definition) is 11. The molecule has 3 amide bonds. The van der Waals surface area contributed by atoms with Crippen molar-refractivity contribution in [1.82, 2.24) is 53.7 Å². The van der Waals surface area contributed by atoms with Gasteiger partial charge in [-0.05, 0) is 169 Å². The van der Waals surface area contributed by atoms with Crippen LogP contribution in [0.3, 0.4) is 0 Å². The molecule has 0 radical (unpaired) electrons. The number of rotatable bonds is 13. The zero-order chi connectivity index (χ0) is 76.5. The van der Waals surface area contributed by atoms with Gasteiger partial charge in [-0.25, -0.2) is 9.37 Å². The highest BCUT2D eigenvalue weighted by molar-refractivity contribution is 6.31. The van der Waals surface area contributed by atoms with Gasteiger partial charge in [0.1, 0.15) is 46.1 Å². The first-order valence-electron chi connectivity index (χ1n) is 34.7. The minimum atomic E-state index is -4.70. The minimum absolute atomic E-state index is 0.00771. The highest BCUT2D eigenvalue weighted by atomic mass is 35.5. The van der Waals surface area contributed by atoms with Gasteiger partial charge in [-0.3, -0.25) is 14.4 Å². The smallest absolute Gasteiger partial charge is 0.431 e. The molecule has 3 aliphatic carbocycles. The van der Waals surface area contributed by atoms with E-state index in [-0.39, 0.29) is 98.2 Å². The van der Waals surface area contributed by atoms with Gasteiger partial charge in [0.25, 0.3) is 17.7 Å². The van der Waals surface area contributed by atoms with Crippen molar-refractivity contribution in [2.24, 2.45) is 0 Å². The van der Waals surface area contributed by atoms with Crippen molar-refractivity contribution in [3.8, 4) is 39.3 Å². The van der Waals surface area contributed by atoms with E-state index in [1.165, 1.54) is 40.3 Å². The third-order valence-electron chi connectivity index (χ3n) is 20.0. The van der Waals surface area contributed by atoms with Gasteiger partial charge in [-0.15, -0.1) is 0 Å². The standard InChI is InChI=1S/C27H24ClF6N3O2.C24H23ClF4N4O2.C23H22ClF3N4O2/c1-15-22(16-2-5-18(28)6-3-16)23(37(19-7-8-19)24(15)27(32,33)34)25(38)36-12-10-20(11-13-36)39-21-9-4-17(14-35-21)26(29,30)31;1-12-19(17-6-3-15(25)11-18(17)26)20(33(16-4-5-16)21(12)24(27,28)29)23(34)32-9-7-14(8-10-32)22-30-13(2)31-35-22;1-13-28-21(33-29-13)15-8-10-30(11-9-15)22(32)20-18(14-2-4-16(24)5-3-14)12-19(23(25,26)27)31(20)17-6-7-17/h2-6,9,14,19-20H,7-8,10-13H2,1H3;3,6,11,14,16H,4-5,7-10H2,1-2H3;2-5,12,15,17H,6-11H2,1H3. The van der Waals surface area contributed by atoms with E-state index in [0.717, 1.165) is 33.4 Å². The molecule has 3 saturated heterocycles. The quantitative estimate of drug-likeness (QED) is 0.100. The summed E-state index contributed by atoms with van der Waals surface area (Å²) in [5.74, 6) is -0.0596. The number of ether oxygens (including phenoxy) is 1. The number of likely N-dealkylation sites (tertiary alicyclic amines) is 3. The van der Waals surface area contributed by atoms with Crippen molar-refractivity contribution in [3.63, 3.8) is 0 Å². The highest BCUT2D eigenvalue weighted by Gasteiger charge is 2.49. The van der Waals surface area contributed by atoms with Crippen molar-refractivity contribution in [2.45, 2.75) is 166 Å². The normalized spacial score (nSPS) is 17.3. The van der Waals surface area contributed by atoms with Crippen LogP contribution < -0.4 is 4.74 Å². The molecule has 6 fully saturated rings. The van der Waals surface area contributed by atoms with Gasteiger partial charge in [-0.2, -0.15) is 62.7 Å². The van der Waals surface area contributed by atoms with Crippen LogP contribution in [0.2, 0.25) is 15.1 Å². The van der Waals surface area contributed by atoms with E-state index in [4.69, 9.17) is 48.6 Å². The fourth-order valence-corrected chi connectivity index (χ4v) is 14.9. The zero-order valence-electron chi connectivity index (χ0n) is 57.8. The lowest BCUT2D eigenvalue weighted by atomic mass is 9.95. The van der Waals surface area contributed by atoms with Crippen LogP contribution in [-0.2, 0) is 24.7 Å². The third-order valence-corrected chi connectivity index (χ3v) is 20.8. The number of benzene rings is 3. The molecule has 0 spiro atoms. The molecule has 0 atom stereocenters. The molecule has 3 saturated carbocycles. The van der Waals surface area contributed by atoms with Gasteiger partial charge in [0.05, 0.1) is 5.56 Å². The first-order chi connectivity index (χ1) is 50.6. The van der Waals surface area contributed by atoms with Gasteiger partial charge in [0.2, 0.25) is 17.7 Å². The van der Waals surface area contributed by atoms with E-state index in [0.29, 0.717) is 154 Å². The molecule has 9 aromatic rings. The molecular weight excluding hydrogens is 1490 g/mol. The number of pyridine rings is 1. The number of aromatic nitrogens is 8. The van der Waals surface area contributed by atoms with E-state index in [1.54, 1.807) is 67.3 Å². The second-order valence-corrected chi connectivity index (χ2v) is 28.9. The summed E-state index contributed by atoms with van der Waals surface area (Å²) in [6, 6.07) is 18.6. The molecule has 3 aromatic carbocycles. The topological polar surface area (TPSA) is 176 Å². The number of alkyl halides is 12. The molecule has 33 heteroatoms. The van der Waals surface area contributed by atoms with Crippen LogP contribution in [0.5, 0.6) is 5.88 Å². The number of piperidine rings is 3. The number of aryl methyl sites for hydroxylation is 2. The zero-order valence-corrected chi connectivity index (χ0v) is 60.0. The molecule has 0 bridgehead atoms. The average Bonchev–Trinajstić information content (AvgIpc) is 1.58. The molecule has 17 nitrogen and oxygen atoms in total. The summed E-state index contributed by atoms with van der Waals surface area (Å²) in [5, 5.41) is 8.64. The molecule has 6 aromatic heterocycles. The second-order valence-electron chi connectivity index (χ2n) is 27.6. The molecule has 107 heavy (non-hydrogen) atoms. The van der Waals surface area contributed by atoms with Crippen molar-refractivity contribution in [1.29, 1.82) is 0 Å². The largest absolute Gasteiger partial charge is 0.474 e. The Morgan fingerprint density at radius 1 is 0.458 bits per heavy atom. The summed E-state index contributed by atoms with van der Waals surface area (Å²) < 4.78 is 200. The molecule has 0 N–H and O–H groups in total. The number of hydrogen-bond donors (Lipinski definition) is 0. The summed E-state index contributed by atoms with van der Waals surface area (Å²) in [4.78, 5) is 58.3. The average molecular weight is 1560 g/mol. The lowest BCUT2D eigenvalue weighted by Crippen LogP contribution is -2.42. The van der Waals surface area contributed by atoms with Crippen molar-refractivity contribution in [2.75, 3.05) is 39.3 Å². The summed E-state index contributed by atoms with van der Waals surface area (Å²) in [7, 11) is 0. The molecule has 0 unspecified atom stereocenters. The van der Waals surface area contributed by atoms with Gasteiger partial charge in [-0.1, -0.05) is 69.4 Å². The third kappa shape index (κ3) is 16.4. The lowest BCUT2D eigenvalue weighted by molar-refractivity contribution is -0.144. The van der Waals surface area contributed by atoms with E-state index in [9.17, 15) is 71.5 Å². The predicted molar refractivity (Wildman–Crippen MR) is 367 cm³/mol. The maximum absolute atomic E-state index is 15.0. The van der Waals surface area contributed by atoms with E-state index in [1.807, 2.05) is 0 Å². The monoisotopic (exact) mass is 1560 g/mol. The van der Waals surface area contributed by atoms with Gasteiger partial charge >= 0.3 is 24.7 Å². The molecule has 6 aliphatic rings. The van der Waals surface area contributed by atoms with E-state index < -0.39 is 83.2 Å². The first-order valence-corrected chi connectivity index (χ1v) is 35.9. The van der Waals surface area contributed by atoms with Crippen LogP contribution in [0.1, 0.15) is 196 Å². The van der Waals surface area contributed by atoms with Gasteiger partial charge in [0.15, 0.2) is 11.6 Å². The Morgan fingerprint density at radius 2 is 0.879 bits per heavy atom. The molecule has 15 rings (SSSR count). The van der Waals surface area contributed by atoms with Gasteiger partial charge in [0, 0.05) is 132 Å². The first kappa shape index (κ1) is 76.3. The number of halogens is 16. The summed E-state index contributed by atoms with van der Waals surface area (Å²) >= 11 is 17.9. The van der Waals surface area contributed by atoms with Crippen LogP contribution in [0.4, 0.5) is 57.1 Å². The van der Waals surface area contributed by atoms with Crippen LogP contribution in [0, 0.1) is 33.5 Å². The molecule has 568 valence electrons. The maximum atomic E-state index is 15.0. The number of amides is 3. The van der Waals surface area contributed by atoms with Gasteiger partial charge < -0.3 is 42.2 Å². The van der Waals surface area contributed by atoms with Crippen LogP contribution in [0.25, 0.3) is 33.4 Å². The summed E-state index contributed by atoms with van der Waals surface area (Å²) in [6.45, 7) is 7.99. The molecular formula is C74H69Cl3F13N11O6. The fourth-order valence-electron chi connectivity index (χ4n) is 14.5. The highest BCUT2D eigenvalue weighted by Crippen LogP contribution is 2.52.